The van der Waals surface area contributed by atoms with E-state index in [0.29, 0.717) is 5.75 Å². The SMILES string of the molecule is C=Cc1ccnc2cc(O)c(CCC)cc12. The molecule has 82 valence electrons. The maximum Gasteiger partial charge on any atom is 0.120 e. The van der Waals surface area contributed by atoms with Crippen LogP contribution in [-0.2, 0) is 6.42 Å². The lowest BCUT2D eigenvalue weighted by atomic mass is 10.0. The Morgan fingerprint density at radius 2 is 2.25 bits per heavy atom. The molecular formula is C14H15NO. The predicted molar refractivity (Wildman–Crippen MR) is 67.5 cm³/mol. The van der Waals surface area contributed by atoms with Crippen molar-refractivity contribution in [1.82, 2.24) is 4.98 Å². The van der Waals surface area contributed by atoms with Crippen LogP contribution in [0.3, 0.4) is 0 Å². The maximum absolute atomic E-state index is 9.84. The fourth-order valence-corrected chi connectivity index (χ4v) is 1.90. The molecular weight excluding hydrogens is 198 g/mol. The summed E-state index contributed by atoms with van der Waals surface area (Å²) in [5.74, 6) is 0.336. The van der Waals surface area contributed by atoms with E-state index < -0.39 is 0 Å². The topological polar surface area (TPSA) is 33.1 Å². The lowest BCUT2D eigenvalue weighted by molar-refractivity contribution is 0.468. The average molecular weight is 213 g/mol. The molecule has 0 saturated carbocycles. The molecule has 0 fully saturated rings. The minimum atomic E-state index is 0.336. The molecule has 2 rings (SSSR count). The van der Waals surface area contributed by atoms with Crippen LogP contribution in [0.15, 0.2) is 31.0 Å². The van der Waals surface area contributed by atoms with Crippen LogP contribution in [0.2, 0.25) is 0 Å². The van der Waals surface area contributed by atoms with Gasteiger partial charge in [0.25, 0.3) is 0 Å². The van der Waals surface area contributed by atoms with Crippen LogP contribution < -0.4 is 0 Å². The van der Waals surface area contributed by atoms with Gasteiger partial charge < -0.3 is 5.11 Å². The van der Waals surface area contributed by atoms with E-state index in [4.69, 9.17) is 0 Å². The van der Waals surface area contributed by atoms with Gasteiger partial charge in [-0.2, -0.15) is 0 Å². The van der Waals surface area contributed by atoms with Crippen LogP contribution in [0.5, 0.6) is 5.75 Å². The molecule has 16 heavy (non-hydrogen) atoms. The number of phenolic OH excluding ortho intramolecular Hbond substituents is 1. The van der Waals surface area contributed by atoms with Crippen LogP contribution in [-0.4, -0.2) is 10.1 Å². The fraction of sp³-hybridized carbons (Fsp3) is 0.214. The largest absolute Gasteiger partial charge is 0.508 e. The summed E-state index contributed by atoms with van der Waals surface area (Å²) in [7, 11) is 0. The molecule has 1 heterocycles. The molecule has 0 amide bonds. The zero-order valence-corrected chi connectivity index (χ0v) is 9.40. The Kier molecular flexibility index (Phi) is 2.91. The highest BCUT2D eigenvalue weighted by atomic mass is 16.3. The summed E-state index contributed by atoms with van der Waals surface area (Å²) in [5.41, 5.74) is 2.85. The van der Waals surface area contributed by atoms with E-state index in [1.807, 2.05) is 18.2 Å². The summed E-state index contributed by atoms with van der Waals surface area (Å²) in [6, 6.07) is 5.67. The number of rotatable bonds is 3. The summed E-state index contributed by atoms with van der Waals surface area (Å²) in [6.45, 7) is 5.89. The number of hydrogen-bond donors (Lipinski definition) is 1. The number of hydrogen-bond acceptors (Lipinski definition) is 2. The number of fused-ring (bicyclic) bond motifs is 1. The Morgan fingerprint density at radius 1 is 1.44 bits per heavy atom. The van der Waals surface area contributed by atoms with Crippen molar-refractivity contribution in [3.05, 3.63) is 42.1 Å². The quantitative estimate of drug-likeness (QED) is 0.846. The van der Waals surface area contributed by atoms with Gasteiger partial charge in [0.2, 0.25) is 0 Å². The summed E-state index contributed by atoms with van der Waals surface area (Å²) in [5, 5.41) is 10.9. The third-order valence-electron chi connectivity index (χ3n) is 2.71. The molecule has 0 aliphatic heterocycles. The maximum atomic E-state index is 9.84. The highest BCUT2D eigenvalue weighted by Crippen LogP contribution is 2.27. The third kappa shape index (κ3) is 1.78. The minimum Gasteiger partial charge on any atom is -0.508 e. The van der Waals surface area contributed by atoms with Crippen molar-refractivity contribution in [1.29, 1.82) is 0 Å². The zero-order chi connectivity index (χ0) is 11.5. The molecule has 0 unspecified atom stereocenters. The first-order valence-corrected chi connectivity index (χ1v) is 5.49. The third-order valence-corrected chi connectivity index (χ3v) is 2.71. The predicted octanol–water partition coefficient (Wildman–Crippen LogP) is 3.54. The van der Waals surface area contributed by atoms with Crippen molar-refractivity contribution >= 4 is 17.0 Å². The number of pyridine rings is 1. The number of nitrogens with zero attached hydrogens (tertiary/aromatic N) is 1. The molecule has 2 aromatic rings. The first kappa shape index (κ1) is 10.7. The molecule has 2 heteroatoms. The molecule has 0 aliphatic carbocycles. The Morgan fingerprint density at radius 3 is 2.94 bits per heavy atom. The molecule has 0 saturated heterocycles. The van der Waals surface area contributed by atoms with Gasteiger partial charge in [0.15, 0.2) is 0 Å². The van der Waals surface area contributed by atoms with Gasteiger partial charge in [-0.15, -0.1) is 0 Å². The van der Waals surface area contributed by atoms with E-state index in [9.17, 15) is 5.11 Å². The molecule has 0 aliphatic rings. The van der Waals surface area contributed by atoms with Gasteiger partial charge in [-0.3, -0.25) is 4.98 Å². The van der Waals surface area contributed by atoms with Crippen LogP contribution in [0, 0.1) is 0 Å². The van der Waals surface area contributed by atoms with Gasteiger partial charge in [-0.05, 0) is 29.7 Å². The smallest absolute Gasteiger partial charge is 0.120 e. The Hall–Kier alpha value is -1.83. The van der Waals surface area contributed by atoms with E-state index in [1.165, 1.54) is 0 Å². The molecule has 0 spiro atoms. The highest BCUT2D eigenvalue weighted by Gasteiger charge is 2.05. The standard InChI is InChI=1S/C14H15NO/c1-3-5-11-8-12-10(4-2)6-7-15-13(12)9-14(11)16/h4,6-9,16H,2-3,5H2,1H3. The molecule has 0 radical (unpaired) electrons. The van der Waals surface area contributed by atoms with Gasteiger partial charge in [0.05, 0.1) is 5.52 Å². The molecule has 1 N–H and O–H groups in total. The van der Waals surface area contributed by atoms with Crippen molar-refractivity contribution in [2.24, 2.45) is 0 Å². The van der Waals surface area contributed by atoms with Crippen molar-refractivity contribution in [2.45, 2.75) is 19.8 Å². The van der Waals surface area contributed by atoms with Gasteiger partial charge in [0.1, 0.15) is 5.75 Å². The fourth-order valence-electron chi connectivity index (χ4n) is 1.90. The average Bonchev–Trinajstić information content (AvgIpc) is 2.29. The Balaban J connectivity index is 2.69. The lowest BCUT2D eigenvalue weighted by Crippen LogP contribution is -1.88. The minimum absolute atomic E-state index is 0.336. The summed E-state index contributed by atoms with van der Waals surface area (Å²) < 4.78 is 0. The van der Waals surface area contributed by atoms with Crippen LogP contribution in [0.4, 0.5) is 0 Å². The number of aromatic nitrogens is 1. The van der Waals surface area contributed by atoms with Crippen molar-refractivity contribution < 1.29 is 5.11 Å². The van der Waals surface area contributed by atoms with Crippen LogP contribution >= 0.6 is 0 Å². The second-order valence-corrected chi connectivity index (χ2v) is 3.85. The van der Waals surface area contributed by atoms with Gasteiger partial charge >= 0.3 is 0 Å². The van der Waals surface area contributed by atoms with E-state index >= 15 is 0 Å². The van der Waals surface area contributed by atoms with Crippen molar-refractivity contribution in [3.63, 3.8) is 0 Å². The van der Waals surface area contributed by atoms with Crippen LogP contribution in [0.25, 0.3) is 17.0 Å². The monoisotopic (exact) mass is 213 g/mol. The van der Waals surface area contributed by atoms with Crippen molar-refractivity contribution in [3.8, 4) is 5.75 Å². The Labute approximate surface area is 95.3 Å². The number of phenols is 1. The Bertz CT molecular complexity index is 531. The number of benzene rings is 1. The number of aryl methyl sites for hydroxylation is 1. The van der Waals surface area contributed by atoms with E-state index in [1.54, 1.807) is 12.3 Å². The molecule has 0 bridgehead atoms. The molecule has 1 aromatic heterocycles. The summed E-state index contributed by atoms with van der Waals surface area (Å²) >= 11 is 0. The zero-order valence-electron chi connectivity index (χ0n) is 9.40. The van der Waals surface area contributed by atoms with E-state index in [2.05, 4.69) is 18.5 Å². The number of aromatic hydroxyl groups is 1. The van der Waals surface area contributed by atoms with Gasteiger partial charge in [0, 0.05) is 17.6 Å². The lowest BCUT2D eigenvalue weighted by Gasteiger charge is -2.07. The molecule has 0 atom stereocenters. The van der Waals surface area contributed by atoms with Gasteiger partial charge in [-0.25, -0.2) is 0 Å². The van der Waals surface area contributed by atoms with E-state index in [0.717, 1.165) is 34.9 Å². The first-order valence-electron chi connectivity index (χ1n) is 5.49. The second-order valence-electron chi connectivity index (χ2n) is 3.85. The summed E-state index contributed by atoms with van der Waals surface area (Å²) in [6.07, 6.45) is 5.45. The summed E-state index contributed by atoms with van der Waals surface area (Å²) in [4.78, 5) is 4.24. The first-order chi connectivity index (χ1) is 7.76. The molecule has 2 nitrogen and oxygen atoms in total. The van der Waals surface area contributed by atoms with Crippen LogP contribution in [0.1, 0.15) is 24.5 Å². The van der Waals surface area contributed by atoms with E-state index in [-0.39, 0.29) is 0 Å². The van der Waals surface area contributed by atoms with Crippen molar-refractivity contribution in [2.75, 3.05) is 0 Å². The van der Waals surface area contributed by atoms with Gasteiger partial charge in [-0.1, -0.05) is 26.0 Å². The molecule has 1 aromatic carbocycles. The normalized spacial score (nSPS) is 10.6. The second kappa shape index (κ2) is 4.35. The highest BCUT2D eigenvalue weighted by molar-refractivity contribution is 5.89.